The average Bonchev–Trinajstić information content (AvgIpc) is 2.86. The van der Waals surface area contributed by atoms with Gasteiger partial charge in [0.25, 0.3) is 0 Å². The Hall–Kier alpha value is -1.18. The van der Waals surface area contributed by atoms with E-state index in [1.165, 1.54) is 0 Å². The monoisotopic (exact) mass is 244 g/mol. The fourth-order valence-corrected chi connectivity index (χ4v) is 2.18. The molecule has 0 spiro atoms. The maximum absolute atomic E-state index is 11.7. The molecule has 4 atom stereocenters. The number of nitrogens with one attached hydrogen (secondary N) is 2. The van der Waals surface area contributed by atoms with Crippen LogP contribution in [0.2, 0.25) is 0 Å². The van der Waals surface area contributed by atoms with E-state index in [2.05, 4.69) is 10.6 Å². The zero-order valence-electron chi connectivity index (χ0n) is 9.26. The summed E-state index contributed by atoms with van der Waals surface area (Å²) >= 11 is 0. The summed E-state index contributed by atoms with van der Waals surface area (Å²) in [7, 11) is 0. The Kier molecular flexibility index (Phi) is 3.60. The van der Waals surface area contributed by atoms with Crippen LogP contribution in [-0.4, -0.2) is 59.5 Å². The molecule has 7 heteroatoms. The molecule has 2 saturated heterocycles. The van der Waals surface area contributed by atoms with Crippen molar-refractivity contribution in [2.45, 2.75) is 37.1 Å². The van der Waals surface area contributed by atoms with Crippen LogP contribution in [-0.2, 0) is 14.3 Å². The van der Waals surface area contributed by atoms with Gasteiger partial charge in [0.1, 0.15) is 18.2 Å². The molecule has 0 bridgehead atoms. The standard InChI is InChI=1S/C10H16N2O5/c13-5-3-6(12-4-5)10(16)17-7-1-2-11-8(7)9(14)15/h5-8,11-13H,1-4H2,(H,14,15). The summed E-state index contributed by atoms with van der Waals surface area (Å²) in [5, 5.41) is 23.8. The minimum Gasteiger partial charge on any atom is -0.480 e. The second kappa shape index (κ2) is 4.99. The molecule has 0 radical (unpaired) electrons. The average molecular weight is 244 g/mol. The van der Waals surface area contributed by atoms with Crippen molar-refractivity contribution in [3.63, 3.8) is 0 Å². The molecule has 2 rings (SSSR count). The lowest BCUT2D eigenvalue weighted by Gasteiger charge is -2.18. The normalized spacial score (nSPS) is 37.0. The predicted octanol–water partition coefficient (Wildman–Crippen LogP) is -1.93. The van der Waals surface area contributed by atoms with Crippen molar-refractivity contribution >= 4 is 11.9 Å². The van der Waals surface area contributed by atoms with Crippen LogP contribution in [0.15, 0.2) is 0 Å². The first-order chi connectivity index (χ1) is 8.08. The van der Waals surface area contributed by atoms with Gasteiger partial charge in [-0.25, -0.2) is 0 Å². The molecule has 0 saturated carbocycles. The highest BCUT2D eigenvalue weighted by Gasteiger charge is 2.38. The van der Waals surface area contributed by atoms with Gasteiger partial charge in [0.2, 0.25) is 0 Å². The van der Waals surface area contributed by atoms with E-state index in [1.54, 1.807) is 0 Å². The number of ether oxygens (including phenoxy) is 1. The van der Waals surface area contributed by atoms with E-state index in [1.807, 2.05) is 0 Å². The smallest absolute Gasteiger partial charge is 0.324 e. The summed E-state index contributed by atoms with van der Waals surface area (Å²) in [5.41, 5.74) is 0. The zero-order valence-corrected chi connectivity index (χ0v) is 9.26. The van der Waals surface area contributed by atoms with E-state index < -0.39 is 36.2 Å². The first kappa shape index (κ1) is 12.3. The molecule has 0 aromatic rings. The van der Waals surface area contributed by atoms with Crippen LogP contribution in [0.25, 0.3) is 0 Å². The fraction of sp³-hybridized carbons (Fsp3) is 0.800. The van der Waals surface area contributed by atoms with Crippen molar-refractivity contribution in [2.75, 3.05) is 13.1 Å². The number of hydrogen-bond donors (Lipinski definition) is 4. The largest absolute Gasteiger partial charge is 0.480 e. The van der Waals surface area contributed by atoms with Crippen molar-refractivity contribution < 1.29 is 24.5 Å². The third kappa shape index (κ3) is 2.74. The molecule has 0 aliphatic carbocycles. The number of aliphatic hydroxyl groups excluding tert-OH is 1. The Balaban J connectivity index is 1.88. The first-order valence-electron chi connectivity index (χ1n) is 5.66. The van der Waals surface area contributed by atoms with E-state index in [0.29, 0.717) is 25.9 Å². The minimum absolute atomic E-state index is 0.316. The lowest BCUT2D eigenvalue weighted by molar-refractivity contribution is -0.155. The number of carboxylic acids is 1. The summed E-state index contributed by atoms with van der Waals surface area (Å²) in [5.74, 6) is -1.50. The van der Waals surface area contributed by atoms with E-state index >= 15 is 0 Å². The van der Waals surface area contributed by atoms with E-state index in [9.17, 15) is 14.7 Å². The van der Waals surface area contributed by atoms with Gasteiger partial charge >= 0.3 is 11.9 Å². The highest BCUT2D eigenvalue weighted by molar-refractivity contribution is 5.79. The van der Waals surface area contributed by atoms with Gasteiger partial charge in [-0.2, -0.15) is 0 Å². The van der Waals surface area contributed by atoms with Crippen molar-refractivity contribution in [3.05, 3.63) is 0 Å². The number of carboxylic acid groups (broad SMARTS) is 1. The fourth-order valence-electron chi connectivity index (χ4n) is 2.18. The van der Waals surface area contributed by atoms with Crippen LogP contribution in [0.1, 0.15) is 12.8 Å². The Morgan fingerprint density at radius 2 is 2.06 bits per heavy atom. The lowest BCUT2D eigenvalue weighted by atomic mass is 10.1. The molecule has 4 unspecified atom stereocenters. The second-order valence-electron chi connectivity index (χ2n) is 4.38. The van der Waals surface area contributed by atoms with Crippen LogP contribution in [0.4, 0.5) is 0 Å². The summed E-state index contributed by atoms with van der Waals surface area (Å²) in [4.78, 5) is 22.6. The molecule has 2 heterocycles. The molecule has 0 aromatic carbocycles. The quantitative estimate of drug-likeness (QED) is 0.428. The van der Waals surface area contributed by atoms with Crippen molar-refractivity contribution in [1.82, 2.24) is 10.6 Å². The van der Waals surface area contributed by atoms with Gasteiger partial charge < -0.3 is 25.6 Å². The molecule has 0 amide bonds. The van der Waals surface area contributed by atoms with Crippen LogP contribution in [0.3, 0.4) is 0 Å². The van der Waals surface area contributed by atoms with Crippen molar-refractivity contribution in [1.29, 1.82) is 0 Å². The van der Waals surface area contributed by atoms with Gasteiger partial charge in [-0.3, -0.25) is 9.59 Å². The molecule has 17 heavy (non-hydrogen) atoms. The highest BCUT2D eigenvalue weighted by Crippen LogP contribution is 2.15. The van der Waals surface area contributed by atoms with Gasteiger partial charge in [0, 0.05) is 13.0 Å². The van der Waals surface area contributed by atoms with E-state index in [0.717, 1.165) is 0 Å². The topological polar surface area (TPSA) is 108 Å². The molecule has 7 nitrogen and oxygen atoms in total. The first-order valence-corrected chi connectivity index (χ1v) is 5.66. The lowest BCUT2D eigenvalue weighted by Crippen LogP contribution is -2.43. The van der Waals surface area contributed by atoms with Gasteiger partial charge in [-0.05, 0) is 13.0 Å². The van der Waals surface area contributed by atoms with Gasteiger partial charge in [0.05, 0.1) is 6.10 Å². The number of aliphatic carboxylic acids is 1. The summed E-state index contributed by atoms with van der Waals surface area (Å²) in [6.07, 6.45) is -0.349. The van der Waals surface area contributed by atoms with Gasteiger partial charge in [-0.15, -0.1) is 0 Å². The number of esters is 1. The molecule has 4 N–H and O–H groups in total. The molecule has 2 aliphatic rings. The molecular weight excluding hydrogens is 228 g/mol. The minimum atomic E-state index is -1.01. The van der Waals surface area contributed by atoms with Crippen LogP contribution in [0.5, 0.6) is 0 Å². The number of rotatable bonds is 3. The molecule has 0 aromatic heterocycles. The van der Waals surface area contributed by atoms with Crippen LogP contribution < -0.4 is 10.6 Å². The molecule has 2 aliphatic heterocycles. The predicted molar refractivity (Wildman–Crippen MR) is 56.3 cm³/mol. The summed E-state index contributed by atoms with van der Waals surface area (Å²) < 4.78 is 5.16. The molecule has 96 valence electrons. The maximum atomic E-state index is 11.7. The third-order valence-electron chi connectivity index (χ3n) is 3.09. The third-order valence-corrected chi connectivity index (χ3v) is 3.09. The summed E-state index contributed by atoms with van der Waals surface area (Å²) in [6, 6.07) is -1.36. The van der Waals surface area contributed by atoms with Crippen molar-refractivity contribution in [3.8, 4) is 0 Å². The number of β-amino-alcohol motifs (C(OH)–C–C–N with tert-alkyl or cyclic N) is 1. The van der Waals surface area contributed by atoms with Crippen LogP contribution >= 0.6 is 0 Å². The van der Waals surface area contributed by atoms with E-state index in [4.69, 9.17) is 9.84 Å². The Morgan fingerprint density at radius 3 is 2.65 bits per heavy atom. The Bertz CT molecular complexity index is 322. The van der Waals surface area contributed by atoms with Crippen molar-refractivity contribution in [2.24, 2.45) is 0 Å². The number of carbonyl (C=O) groups is 2. The maximum Gasteiger partial charge on any atom is 0.324 e. The van der Waals surface area contributed by atoms with Crippen LogP contribution in [0, 0.1) is 0 Å². The van der Waals surface area contributed by atoms with Gasteiger partial charge in [-0.1, -0.05) is 0 Å². The summed E-state index contributed by atoms with van der Waals surface area (Å²) in [6.45, 7) is 0.890. The number of carbonyl (C=O) groups excluding carboxylic acids is 1. The number of hydrogen-bond acceptors (Lipinski definition) is 6. The molecular formula is C10H16N2O5. The zero-order chi connectivity index (χ0) is 12.4. The number of aliphatic hydroxyl groups is 1. The second-order valence-corrected chi connectivity index (χ2v) is 4.38. The van der Waals surface area contributed by atoms with Gasteiger partial charge in [0.15, 0.2) is 0 Å². The molecule has 2 fully saturated rings. The highest BCUT2D eigenvalue weighted by atomic mass is 16.5. The Morgan fingerprint density at radius 1 is 1.29 bits per heavy atom. The Labute approximate surface area is 98.1 Å². The van der Waals surface area contributed by atoms with E-state index in [-0.39, 0.29) is 0 Å². The SMILES string of the molecule is O=C(OC1CCNC1C(=O)O)C1CC(O)CN1.